The van der Waals surface area contributed by atoms with E-state index in [1.807, 2.05) is 31.2 Å². The predicted octanol–water partition coefficient (Wildman–Crippen LogP) is 3.75. The Morgan fingerprint density at radius 3 is 2.38 bits per heavy atom. The number of methoxy groups -OCH3 is 1. The molecule has 1 atom stereocenters. The van der Waals surface area contributed by atoms with Gasteiger partial charge in [-0.2, -0.15) is 0 Å². The number of amides is 1. The summed E-state index contributed by atoms with van der Waals surface area (Å²) < 4.78 is 5.13. The summed E-state index contributed by atoms with van der Waals surface area (Å²) in [6, 6.07) is 11.8. The molecule has 6 nitrogen and oxygen atoms in total. The van der Waals surface area contributed by atoms with Crippen LogP contribution in [-0.2, 0) is 0 Å². The molecule has 2 aromatic carbocycles. The topological polar surface area (TPSA) is 72.7 Å². The average molecular weight is 328 g/mol. The van der Waals surface area contributed by atoms with E-state index in [1.54, 1.807) is 32.0 Å². The normalized spacial score (nSPS) is 11.7. The van der Waals surface area contributed by atoms with E-state index in [4.69, 9.17) is 4.74 Å². The van der Waals surface area contributed by atoms with Crippen LogP contribution in [0, 0.1) is 17.0 Å². The minimum absolute atomic E-state index is 0.0497. The molecule has 24 heavy (non-hydrogen) atoms. The van der Waals surface area contributed by atoms with E-state index >= 15 is 0 Å². The number of rotatable bonds is 5. The standard InChI is InChI=1S/C18H20N2O4/c1-12-16(6-5-7-17(12)20(22)23)18(21)19(3)13(2)14-8-10-15(24-4)11-9-14/h5-11,13H,1-4H3. The zero-order valence-electron chi connectivity index (χ0n) is 14.1. The van der Waals surface area contributed by atoms with Crippen molar-refractivity contribution in [1.29, 1.82) is 0 Å². The van der Waals surface area contributed by atoms with Gasteiger partial charge in [0.1, 0.15) is 5.75 Å². The van der Waals surface area contributed by atoms with E-state index in [2.05, 4.69) is 0 Å². The second-order valence-corrected chi connectivity index (χ2v) is 5.57. The smallest absolute Gasteiger partial charge is 0.273 e. The van der Waals surface area contributed by atoms with Gasteiger partial charge in [-0.15, -0.1) is 0 Å². The first-order chi connectivity index (χ1) is 11.4. The van der Waals surface area contributed by atoms with Crippen LogP contribution in [0.4, 0.5) is 5.69 Å². The minimum Gasteiger partial charge on any atom is -0.497 e. The Balaban J connectivity index is 2.28. The number of hydrogen-bond donors (Lipinski definition) is 0. The van der Waals surface area contributed by atoms with Crippen molar-refractivity contribution in [1.82, 2.24) is 4.90 Å². The molecule has 0 fully saturated rings. The van der Waals surface area contributed by atoms with Gasteiger partial charge in [0.05, 0.1) is 18.1 Å². The van der Waals surface area contributed by atoms with E-state index in [-0.39, 0.29) is 17.6 Å². The molecule has 1 amide bonds. The van der Waals surface area contributed by atoms with Gasteiger partial charge >= 0.3 is 0 Å². The van der Waals surface area contributed by atoms with E-state index in [9.17, 15) is 14.9 Å². The molecular formula is C18H20N2O4. The van der Waals surface area contributed by atoms with Crippen LogP contribution in [0.5, 0.6) is 5.75 Å². The molecule has 1 unspecified atom stereocenters. The predicted molar refractivity (Wildman–Crippen MR) is 91.3 cm³/mol. The minimum atomic E-state index is -0.473. The van der Waals surface area contributed by atoms with Crippen LogP contribution in [0.2, 0.25) is 0 Å². The third-order valence-corrected chi connectivity index (χ3v) is 4.23. The fourth-order valence-corrected chi connectivity index (χ4v) is 2.52. The number of carbonyl (C=O) groups is 1. The van der Waals surface area contributed by atoms with Gasteiger partial charge in [0.15, 0.2) is 0 Å². The molecule has 126 valence electrons. The molecule has 0 saturated carbocycles. The van der Waals surface area contributed by atoms with Crippen LogP contribution in [0.1, 0.15) is 34.5 Å². The number of nitrogens with zero attached hydrogens (tertiary/aromatic N) is 2. The third-order valence-electron chi connectivity index (χ3n) is 4.23. The van der Waals surface area contributed by atoms with Crippen molar-refractivity contribution in [2.45, 2.75) is 19.9 Å². The number of nitro groups is 1. The summed E-state index contributed by atoms with van der Waals surface area (Å²) in [5.74, 6) is 0.494. The highest BCUT2D eigenvalue weighted by Crippen LogP contribution is 2.26. The van der Waals surface area contributed by atoms with Crippen molar-refractivity contribution in [2.24, 2.45) is 0 Å². The summed E-state index contributed by atoms with van der Waals surface area (Å²) in [5.41, 5.74) is 1.62. The van der Waals surface area contributed by atoms with E-state index < -0.39 is 4.92 Å². The summed E-state index contributed by atoms with van der Waals surface area (Å²) in [6.45, 7) is 3.50. The maximum Gasteiger partial charge on any atom is 0.273 e. The summed E-state index contributed by atoms with van der Waals surface area (Å²) >= 11 is 0. The fraction of sp³-hybridized carbons (Fsp3) is 0.278. The SMILES string of the molecule is COc1ccc(C(C)N(C)C(=O)c2cccc([N+](=O)[O-])c2C)cc1. The molecule has 0 aromatic heterocycles. The van der Waals surface area contributed by atoms with Crippen molar-refractivity contribution in [3.05, 3.63) is 69.3 Å². The van der Waals surface area contributed by atoms with Gasteiger partial charge in [0.2, 0.25) is 0 Å². The number of nitro benzene ring substituents is 1. The first kappa shape index (κ1) is 17.5. The van der Waals surface area contributed by atoms with Crippen molar-refractivity contribution in [3.8, 4) is 5.75 Å². The maximum absolute atomic E-state index is 12.8. The van der Waals surface area contributed by atoms with Crippen LogP contribution in [0.3, 0.4) is 0 Å². The molecule has 2 rings (SSSR count). The lowest BCUT2D eigenvalue weighted by molar-refractivity contribution is -0.385. The molecule has 0 spiro atoms. The summed E-state index contributed by atoms with van der Waals surface area (Å²) in [5, 5.41) is 11.1. The van der Waals surface area contributed by atoms with Gasteiger partial charge in [-0.25, -0.2) is 0 Å². The Morgan fingerprint density at radius 2 is 1.83 bits per heavy atom. The number of carbonyl (C=O) groups excluding carboxylic acids is 1. The second kappa shape index (κ2) is 7.12. The lowest BCUT2D eigenvalue weighted by Crippen LogP contribution is -2.30. The zero-order valence-corrected chi connectivity index (χ0v) is 14.1. The molecule has 0 aliphatic rings. The number of benzene rings is 2. The van der Waals surface area contributed by atoms with Crippen LogP contribution in [-0.4, -0.2) is 29.9 Å². The van der Waals surface area contributed by atoms with Crippen molar-refractivity contribution >= 4 is 11.6 Å². The van der Waals surface area contributed by atoms with E-state index in [1.165, 1.54) is 12.1 Å². The molecule has 0 bridgehead atoms. The molecule has 0 N–H and O–H groups in total. The summed E-state index contributed by atoms with van der Waals surface area (Å²) in [6.07, 6.45) is 0. The van der Waals surface area contributed by atoms with Crippen molar-refractivity contribution < 1.29 is 14.5 Å². The Bertz CT molecular complexity index is 756. The molecule has 6 heteroatoms. The molecule has 0 aliphatic carbocycles. The lowest BCUT2D eigenvalue weighted by atomic mass is 10.0. The monoisotopic (exact) mass is 328 g/mol. The largest absolute Gasteiger partial charge is 0.497 e. The van der Waals surface area contributed by atoms with Gasteiger partial charge in [0.25, 0.3) is 11.6 Å². The van der Waals surface area contributed by atoms with Gasteiger partial charge < -0.3 is 9.64 Å². The molecule has 0 saturated heterocycles. The Morgan fingerprint density at radius 1 is 1.21 bits per heavy atom. The maximum atomic E-state index is 12.8. The Labute approximate surface area is 140 Å². The molecular weight excluding hydrogens is 308 g/mol. The van der Waals surface area contributed by atoms with Crippen LogP contribution in [0.15, 0.2) is 42.5 Å². The Hall–Kier alpha value is -2.89. The highest BCUT2D eigenvalue weighted by molar-refractivity contribution is 5.96. The average Bonchev–Trinajstić information content (AvgIpc) is 2.59. The summed E-state index contributed by atoms with van der Waals surface area (Å²) in [4.78, 5) is 24.9. The van der Waals surface area contributed by atoms with E-state index in [0.29, 0.717) is 11.1 Å². The molecule has 0 aliphatic heterocycles. The molecule has 0 heterocycles. The quantitative estimate of drug-likeness (QED) is 0.619. The van der Waals surface area contributed by atoms with Gasteiger partial charge in [-0.05, 0) is 37.6 Å². The zero-order chi connectivity index (χ0) is 17.9. The number of hydrogen-bond acceptors (Lipinski definition) is 4. The third kappa shape index (κ3) is 3.37. The number of ether oxygens (including phenoxy) is 1. The van der Waals surface area contributed by atoms with Crippen molar-refractivity contribution in [3.63, 3.8) is 0 Å². The van der Waals surface area contributed by atoms with Crippen molar-refractivity contribution in [2.75, 3.05) is 14.2 Å². The van der Waals surface area contributed by atoms with Crippen LogP contribution in [0.25, 0.3) is 0 Å². The van der Waals surface area contributed by atoms with Crippen LogP contribution < -0.4 is 4.74 Å². The highest BCUT2D eigenvalue weighted by Gasteiger charge is 2.23. The highest BCUT2D eigenvalue weighted by atomic mass is 16.6. The van der Waals surface area contributed by atoms with Gasteiger partial charge in [-0.1, -0.05) is 18.2 Å². The second-order valence-electron chi connectivity index (χ2n) is 5.57. The van der Waals surface area contributed by atoms with E-state index in [0.717, 1.165) is 11.3 Å². The van der Waals surface area contributed by atoms with Crippen LogP contribution >= 0.6 is 0 Å². The fourth-order valence-electron chi connectivity index (χ4n) is 2.52. The first-order valence-electron chi connectivity index (χ1n) is 7.52. The van der Waals surface area contributed by atoms with Gasteiger partial charge in [0, 0.05) is 24.2 Å². The molecule has 0 radical (unpaired) electrons. The molecule has 2 aromatic rings. The van der Waals surface area contributed by atoms with Gasteiger partial charge in [-0.3, -0.25) is 14.9 Å². The summed E-state index contributed by atoms with van der Waals surface area (Å²) in [7, 11) is 3.29. The Kier molecular flexibility index (Phi) is 5.18. The lowest BCUT2D eigenvalue weighted by Gasteiger charge is -2.26. The first-order valence-corrected chi connectivity index (χ1v) is 7.52.